The van der Waals surface area contributed by atoms with Gasteiger partial charge in [-0.3, -0.25) is 28.9 Å². The summed E-state index contributed by atoms with van der Waals surface area (Å²) in [6.07, 6.45) is 12.9. The fourth-order valence-corrected chi connectivity index (χ4v) is 14.5. The molecule has 103 heavy (non-hydrogen) atoms. The average Bonchev–Trinajstić information content (AvgIpc) is 0.779. The molecule has 1 saturated carbocycles. The molecule has 8 rings (SSSR count). The number of aliphatic hydroxyl groups is 3. The predicted molar refractivity (Wildman–Crippen MR) is 379 cm³/mol. The summed E-state index contributed by atoms with van der Waals surface area (Å²) in [7, 11) is 3.03. The molecule has 0 unspecified atom stereocenters. The molecular weight excluding hydrogens is 1330 g/mol. The van der Waals surface area contributed by atoms with Crippen LogP contribution in [0.3, 0.4) is 0 Å². The van der Waals surface area contributed by atoms with Gasteiger partial charge in [-0.1, -0.05) is 64.2 Å². The molecule has 7 N–H and O–H groups in total. The minimum absolute atomic E-state index is 0.0136. The lowest BCUT2D eigenvalue weighted by Gasteiger charge is -2.42. The van der Waals surface area contributed by atoms with Gasteiger partial charge in [-0.05, 0) is 114 Å². The number of carboxylic acids is 1. The summed E-state index contributed by atoms with van der Waals surface area (Å²) in [4.78, 5) is 137. The second-order valence-corrected chi connectivity index (χ2v) is 28.8. The molecule has 568 valence electrons. The molecule has 4 saturated heterocycles. The van der Waals surface area contributed by atoms with E-state index in [1.165, 1.54) is 37.4 Å². The van der Waals surface area contributed by atoms with Crippen LogP contribution in [0.4, 0.5) is 16.7 Å². The van der Waals surface area contributed by atoms with Gasteiger partial charge in [0.15, 0.2) is 5.78 Å². The van der Waals surface area contributed by atoms with Crippen LogP contribution in [0.25, 0.3) is 0 Å². The number of carboxylic acid groups (broad SMARTS) is 1. The number of nitrogens with zero attached hydrogens (tertiary/aromatic N) is 9. The third-order valence-corrected chi connectivity index (χ3v) is 21.1. The zero-order valence-corrected chi connectivity index (χ0v) is 61.2. The number of allylic oxidation sites excluding steroid dienone is 6. The summed E-state index contributed by atoms with van der Waals surface area (Å²) in [6.45, 7) is 17.0. The van der Waals surface area contributed by atoms with Gasteiger partial charge >= 0.3 is 18.0 Å². The number of hydrogen-bond donors (Lipinski definition) is 6. The number of cyclic esters (lactones) is 1. The van der Waals surface area contributed by atoms with Crippen LogP contribution in [0.5, 0.6) is 0 Å². The number of anilines is 2. The van der Waals surface area contributed by atoms with Crippen molar-refractivity contribution in [2.75, 3.05) is 96.1 Å². The number of carbonyl (C=O) groups is 8. The zero-order valence-electron chi connectivity index (χ0n) is 61.2. The predicted octanol–water partition coefficient (Wildman–Crippen LogP) is 4.37. The molecule has 2 bridgehead atoms. The van der Waals surface area contributed by atoms with Gasteiger partial charge in [-0.2, -0.15) is 0 Å². The molecule has 1 aliphatic carbocycles. The van der Waals surface area contributed by atoms with E-state index in [0.717, 1.165) is 42.2 Å². The number of Topliss-reactive ketones (excluding diaryl/α,β-unsaturated/α-hetero) is 3. The van der Waals surface area contributed by atoms with Crippen LogP contribution in [0, 0.1) is 36.5 Å². The smallest absolute Gasteiger partial charge is 0.407 e. The fraction of sp³-hybridized carbons (Fsp3) is 0.676. The number of piperazine rings is 2. The number of amides is 3. The van der Waals surface area contributed by atoms with Crippen molar-refractivity contribution in [3.63, 3.8) is 0 Å². The number of aromatic nitrogens is 4. The normalized spacial score (nSPS) is 32.4. The van der Waals surface area contributed by atoms with E-state index in [1.54, 1.807) is 32.8 Å². The Morgan fingerprint density at radius 2 is 1.47 bits per heavy atom. The number of carbonyl (C=O) groups excluding carboxylic acids is 7. The molecule has 16 atom stereocenters. The number of aliphatic hydroxyl groups excluding tert-OH is 2. The van der Waals surface area contributed by atoms with Crippen LogP contribution in [0.2, 0.25) is 0 Å². The summed E-state index contributed by atoms with van der Waals surface area (Å²) >= 11 is 0. The Morgan fingerprint density at radius 3 is 2.17 bits per heavy atom. The third kappa shape index (κ3) is 22.3. The lowest BCUT2D eigenvalue weighted by molar-refractivity contribution is -0.265. The van der Waals surface area contributed by atoms with E-state index < -0.39 is 132 Å². The maximum absolute atomic E-state index is 14.7. The van der Waals surface area contributed by atoms with Crippen LogP contribution in [-0.4, -0.2) is 255 Å². The number of fused-ring (bicyclic) bond motifs is 3. The van der Waals surface area contributed by atoms with Gasteiger partial charge in [-0.15, -0.1) is 0 Å². The monoisotopic (exact) mass is 1440 g/mol. The number of nitrogens with two attached hydrogens (primary N) is 1. The lowest BCUT2D eigenvalue weighted by Crippen LogP contribution is -2.61. The molecule has 7 heterocycles. The number of nitrogens with one attached hydrogen (secondary N) is 1. The molecule has 5 fully saturated rings. The van der Waals surface area contributed by atoms with Gasteiger partial charge < -0.3 is 79.5 Å². The van der Waals surface area contributed by atoms with Crippen LogP contribution in [0.1, 0.15) is 136 Å². The van der Waals surface area contributed by atoms with Crippen molar-refractivity contribution >= 4 is 59.1 Å². The number of piperidine rings is 1. The molecule has 29 heteroatoms. The van der Waals surface area contributed by atoms with Gasteiger partial charge in [0.05, 0.1) is 44.5 Å². The fourth-order valence-electron chi connectivity index (χ4n) is 14.5. The quantitative estimate of drug-likeness (QED) is 0.0554. The maximum Gasteiger partial charge on any atom is 0.407 e. The molecular formula is C74H109N11O18. The maximum atomic E-state index is 14.7. The van der Waals surface area contributed by atoms with Crippen molar-refractivity contribution < 1.29 is 87.2 Å². The topological polar surface area (TPSA) is 379 Å². The standard InChI is InChI=1S/C74H109N11O18/c1-45-15-11-10-12-16-47(3)60(98-8)37-54-20-18-51(7)74(97,103-54)67(91)68(92)85-23-14-13-17-56(85)70(95)101-61(38-58(86)48(4)34-50(6)65(89)66(90)64(88)49(5)33-45)55(75)35-52-19-21-59(62(36-52)99-9)102-73(96)80-43-53-41-78-72(79-42-53)83-28-29-84(57(44-83)69(93)94)63(87)22-31-100-32-30-81-24-26-82(27-25-81)71-76-39-46(2)40-77-71/h10-12,15-16,34,39-42,45,48-49,51-52,54-57,59-62,65-66,89-90,97H,13-14,17-33,35-38,43-44,75H2,1-9H3,(H,80,96)(H,93,94)/b12-10+,15-11+,47-16+,50-34+/t45-,48-,49-,51-,52+,54+,55-,56+,57-,59-,60+,61+,62-,65-,66+,74-/m1/s1. The second-order valence-electron chi connectivity index (χ2n) is 28.8. The van der Waals surface area contributed by atoms with Gasteiger partial charge in [0.1, 0.15) is 42.3 Å². The molecule has 0 radical (unpaired) electrons. The summed E-state index contributed by atoms with van der Waals surface area (Å²) in [6, 6.07) is -3.44. The van der Waals surface area contributed by atoms with E-state index >= 15 is 0 Å². The summed E-state index contributed by atoms with van der Waals surface area (Å²) in [5.41, 5.74) is 9.54. The number of rotatable bonds is 17. The van der Waals surface area contributed by atoms with Crippen molar-refractivity contribution in [3.05, 3.63) is 83.5 Å². The first-order valence-corrected chi connectivity index (χ1v) is 36.4. The van der Waals surface area contributed by atoms with Crippen molar-refractivity contribution in [1.29, 1.82) is 0 Å². The van der Waals surface area contributed by atoms with Crippen LogP contribution in [0.15, 0.2) is 72.4 Å². The van der Waals surface area contributed by atoms with Gasteiger partial charge in [0.25, 0.3) is 11.7 Å². The van der Waals surface area contributed by atoms with Crippen LogP contribution in [-0.2, 0) is 68.5 Å². The van der Waals surface area contributed by atoms with Crippen LogP contribution >= 0.6 is 0 Å². The number of ketones is 3. The van der Waals surface area contributed by atoms with Crippen molar-refractivity contribution in [1.82, 2.24) is 40.0 Å². The molecule has 0 spiro atoms. The number of hydrogen-bond acceptors (Lipinski definition) is 25. The van der Waals surface area contributed by atoms with E-state index in [9.17, 15) is 58.8 Å². The first-order chi connectivity index (χ1) is 49.2. The highest BCUT2D eigenvalue weighted by Gasteiger charge is 2.53. The van der Waals surface area contributed by atoms with E-state index in [1.807, 2.05) is 63.5 Å². The number of aryl methyl sites for hydroxylation is 1. The SMILES string of the molecule is CO[C@H]1C[C@@H]2CC[C@@H](C)[C@@](O)(O2)C(=O)C(=O)N2CCCC[C@H]2C(=O)O[C@H]([C@H](N)C[C@@H]2CC[C@@H](OC(=O)NCc3cnc(N4CCN(C(=O)CCOCCN5CCN(c6ncc(C)cn6)CC5)[C@@H](C(=O)O)C4)nc3)[C@H](OC)C2)CC(=O)[C@H](C)/C=C(\C)[C@@H](O)[C@@H](O)C(=O)[C@H](C)C[C@H](C)/C=C/C=C/C=C/1C. The number of esters is 1. The Labute approximate surface area is 603 Å². The van der Waals surface area contributed by atoms with Gasteiger partial charge in [0, 0.05) is 140 Å². The number of methoxy groups -OCH3 is 2. The molecule has 3 amide bonds. The van der Waals surface area contributed by atoms with Crippen molar-refractivity contribution in [2.24, 2.45) is 35.3 Å². The Hall–Kier alpha value is -7.48. The number of alkyl carbamates (subject to hydrolysis) is 1. The summed E-state index contributed by atoms with van der Waals surface area (Å²) < 4.78 is 35.9. The number of aliphatic carboxylic acids is 1. The molecule has 2 aromatic heterocycles. The Balaban J connectivity index is 0.859. The van der Waals surface area contributed by atoms with Crippen molar-refractivity contribution in [2.45, 2.75) is 205 Å². The minimum Gasteiger partial charge on any atom is -0.480 e. The molecule has 2 aromatic rings. The summed E-state index contributed by atoms with van der Waals surface area (Å²) in [5, 5.41) is 47.5. The highest BCUT2D eigenvalue weighted by Crippen LogP contribution is 2.38. The highest BCUT2D eigenvalue weighted by atomic mass is 16.6. The highest BCUT2D eigenvalue weighted by molar-refractivity contribution is 6.39. The van der Waals surface area contributed by atoms with Gasteiger partial charge in [-0.25, -0.2) is 34.3 Å². The number of ether oxygens (including phenoxy) is 6. The Kier molecular flexibility index (Phi) is 30.4. The molecule has 6 aliphatic rings. The Bertz CT molecular complexity index is 3330. The molecule has 29 nitrogen and oxygen atoms in total. The van der Waals surface area contributed by atoms with E-state index in [4.69, 9.17) is 34.2 Å². The zero-order chi connectivity index (χ0) is 74.7. The first kappa shape index (κ1) is 81.2. The second kappa shape index (κ2) is 38.5. The molecule has 0 aromatic carbocycles. The summed E-state index contributed by atoms with van der Waals surface area (Å²) in [5.74, 6) is -9.97. The Morgan fingerprint density at radius 1 is 0.767 bits per heavy atom. The van der Waals surface area contributed by atoms with Gasteiger partial charge in [0.2, 0.25) is 23.6 Å². The minimum atomic E-state index is -2.52. The third-order valence-electron chi connectivity index (χ3n) is 21.1. The van der Waals surface area contributed by atoms with E-state index in [0.29, 0.717) is 76.0 Å². The van der Waals surface area contributed by atoms with Crippen LogP contribution < -0.4 is 20.9 Å². The van der Waals surface area contributed by atoms with Crippen molar-refractivity contribution in [3.8, 4) is 0 Å². The molecule has 5 aliphatic heterocycles. The van der Waals surface area contributed by atoms with E-state index in [-0.39, 0.29) is 94.3 Å². The first-order valence-electron chi connectivity index (χ1n) is 36.4. The van der Waals surface area contributed by atoms with E-state index in [2.05, 4.69) is 35.1 Å². The lowest BCUT2D eigenvalue weighted by atomic mass is 9.80. The largest absolute Gasteiger partial charge is 0.480 e. The average molecular weight is 1440 g/mol.